The molecule has 3 rings (SSSR count). The second-order valence-electron chi connectivity index (χ2n) is 8.97. The molecule has 1 unspecified atom stereocenters. The van der Waals surface area contributed by atoms with Crippen LogP contribution in [0.5, 0.6) is 0 Å². The fourth-order valence-electron chi connectivity index (χ4n) is 4.27. The van der Waals surface area contributed by atoms with Gasteiger partial charge in [0.05, 0.1) is 30.0 Å². The number of rotatable bonds is 15. The molecule has 10 heteroatoms. The summed E-state index contributed by atoms with van der Waals surface area (Å²) >= 11 is 0. The molecule has 2 heterocycles. The van der Waals surface area contributed by atoms with E-state index in [2.05, 4.69) is 17.6 Å². The van der Waals surface area contributed by atoms with Gasteiger partial charge < -0.3 is 14.8 Å². The van der Waals surface area contributed by atoms with E-state index in [9.17, 15) is 24.0 Å². The number of carbonyl (C=O) groups is 5. The maximum absolute atomic E-state index is 13.1. The summed E-state index contributed by atoms with van der Waals surface area (Å²) in [5.41, 5.74) is 0.452. The number of hydrogen-bond donors (Lipinski definition) is 2. The van der Waals surface area contributed by atoms with E-state index in [0.29, 0.717) is 26.2 Å². The fourth-order valence-corrected chi connectivity index (χ4v) is 4.27. The van der Waals surface area contributed by atoms with Crippen molar-refractivity contribution in [3.63, 3.8) is 0 Å². The molecule has 36 heavy (non-hydrogen) atoms. The highest BCUT2D eigenvalue weighted by atomic mass is 16.5. The molecule has 1 atom stereocenters. The first-order valence-corrected chi connectivity index (χ1v) is 12.7. The van der Waals surface area contributed by atoms with E-state index in [1.54, 1.807) is 12.1 Å². The molecule has 1 saturated heterocycles. The average Bonchev–Trinajstić information content (AvgIpc) is 3.10. The highest BCUT2D eigenvalue weighted by Gasteiger charge is 2.45. The quantitative estimate of drug-likeness (QED) is 0.279. The predicted octanol–water partition coefficient (Wildman–Crippen LogP) is 2.81. The number of hydrogen-bond acceptors (Lipinski definition) is 7. The van der Waals surface area contributed by atoms with Crippen LogP contribution in [0.25, 0.3) is 0 Å². The number of imide groups is 2. The predicted molar refractivity (Wildman–Crippen MR) is 131 cm³/mol. The molecule has 1 fully saturated rings. The van der Waals surface area contributed by atoms with Crippen LogP contribution in [-0.4, -0.2) is 66.9 Å². The van der Waals surface area contributed by atoms with Gasteiger partial charge >= 0.3 is 0 Å². The fraction of sp³-hybridized carbons (Fsp3) is 0.577. The van der Waals surface area contributed by atoms with Crippen molar-refractivity contribution < 1.29 is 33.4 Å². The second-order valence-corrected chi connectivity index (χ2v) is 8.97. The van der Waals surface area contributed by atoms with Crippen molar-refractivity contribution in [2.45, 2.75) is 70.8 Å². The molecule has 5 amide bonds. The summed E-state index contributed by atoms with van der Waals surface area (Å²) in [6.07, 6.45) is 6.13. The monoisotopic (exact) mass is 501 g/mol. The Hall–Kier alpha value is -3.11. The number of unbranched alkanes of at least 4 members (excludes halogenated alkanes) is 4. The molecular weight excluding hydrogens is 466 g/mol. The molecule has 196 valence electrons. The van der Waals surface area contributed by atoms with E-state index in [1.165, 1.54) is 18.9 Å². The second kappa shape index (κ2) is 13.8. The number of anilines is 1. The van der Waals surface area contributed by atoms with Gasteiger partial charge in [-0.2, -0.15) is 0 Å². The Balaban J connectivity index is 1.41. The lowest BCUT2D eigenvalue weighted by Gasteiger charge is -2.27. The van der Waals surface area contributed by atoms with Crippen LogP contribution in [0.15, 0.2) is 18.2 Å². The van der Waals surface area contributed by atoms with Crippen LogP contribution in [-0.2, 0) is 23.9 Å². The van der Waals surface area contributed by atoms with E-state index in [4.69, 9.17) is 9.47 Å². The van der Waals surface area contributed by atoms with Gasteiger partial charge in [0.1, 0.15) is 6.04 Å². The summed E-state index contributed by atoms with van der Waals surface area (Å²) in [5.74, 6) is -2.61. The number of ether oxygens (including phenoxy) is 2. The van der Waals surface area contributed by atoms with Crippen LogP contribution in [0.2, 0.25) is 0 Å². The third-order valence-corrected chi connectivity index (χ3v) is 6.20. The summed E-state index contributed by atoms with van der Waals surface area (Å²) < 4.78 is 11.0. The van der Waals surface area contributed by atoms with Gasteiger partial charge in [-0.15, -0.1) is 0 Å². The Labute approximate surface area is 211 Å². The Morgan fingerprint density at radius 3 is 2.39 bits per heavy atom. The number of nitrogens with zero attached hydrogens (tertiary/aromatic N) is 1. The molecular formula is C26H35N3O7. The number of carbonyl (C=O) groups excluding carboxylic acids is 5. The number of benzene rings is 1. The van der Waals surface area contributed by atoms with Crippen LogP contribution in [0.4, 0.5) is 5.69 Å². The standard InChI is InChI=1S/C26H35N3O7/c1-2-3-6-14-35-16-17-36-15-7-4-5-11-21(30)27-19-10-8-9-18-23(19)26(34)29(25(18)33)20-12-13-22(31)28-24(20)32/h8-10,20H,2-7,11-17H2,1H3,(H,27,30)(H,28,31,32). The molecule has 0 bridgehead atoms. The summed E-state index contributed by atoms with van der Waals surface area (Å²) in [6.45, 7) is 4.69. The lowest BCUT2D eigenvalue weighted by Crippen LogP contribution is -2.54. The highest BCUT2D eigenvalue weighted by molar-refractivity contribution is 6.26. The minimum Gasteiger partial charge on any atom is -0.379 e. The molecule has 0 aliphatic carbocycles. The molecule has 1 aromatic rings. The first kappa shape index (κ1) is 27.5. The number of nitrogens with one attached hydrogen (secondary N) is 2. The molecule has 1 aromatic carbocycles. The molecule has 0 spiro atoms. The van der Waals surface area contributed by atoms with E-state index in [0.717, 1.165) is 30.8 Å². The first-order valence-electron chi connectivity index (χ1n) is 12.7. The third-order valence-electron chi connectivity index (χ3n) is 6.20. The van der Waals surface area contributed by atoms with E-state index in [-0.39, 0.29) is 42.0 Å². The number of fused-ring (bicyclic) bond motifs is 1. The molecule has 0 saturated carbocycles. The van der Waals surface area contributed by atoms with Crippen molar-refractivity contribution >= 4 is 35.2 Å². The van der Waals surface area contributed by atoms with Crippen molar-refractivity contribution in [3.8, 4) is 0 Å². The molecule has 10 nitrogen and oxygen atoms in total. The molecule has 0 radical (unpaired) electrons. The molecule has 2 N–H and O–H groups in total. The summed E-state index contributed by atoms with van der Waals surface area (Å²) in [6, 6.07) is 3.59. The zero-order chi connectivity index (χ0) is 25.9. The van der Waals surface area contributed by atoms with Gasteiger partial charge in [-0.3, -0.25) is 34.2 Å². The zero-order valence-corrected chi connectivity index (χ0v) is 20.8. The highest BCUT2D eigenvalue weighted by Crippen LogP contribution is 2.32. The Morgan fingerprint density at radius 1 is 0.972 bits per heavy atom. The smallest absolute Gasteiger partial charge is 0.264 e. The Bertz CT molecular complexity index is 978. The van der Waals surface area contributed by atoms with Crippen LogP contribution in [0.3, 0.4) is 0 Å². The van der Waals surface area contributed by atoms with Gasteiger partial charge in [-0.25, -0.2) is 0 Å². The summed E-state index contributed by atoms with van der Waals surface area (Å²) in [4.78, 5) is 63.0. The maximum Gasteiger partial charge on any atom is 0.264 e. The van der Waals surface area contributed by atoms with Gasteiger partial charge in [0.25, 0.3) is 11.8 Å². The number of piperidine rings is 1. The van der Waals surface area contributed by atoms with E-state index < -0.39 is 29.7 Å². The third kappa shape index (κ3) is 7.20. The summed E-state index contributed by atoms with van der Waals surface area (Å²) in [5, 5.41) is 4.90. The largest absolute Gasteiger partial charge is 0.379 e. The van der Waals surface area contributed by atoms with Crippen molar-refractivity contribution in [3.05, 3.63) is 29.3 Å². The maximum atomic E-state index is 13.1. The van der Waals surface area contributed by atoms with Gasteiger partial charge in [0, 0.05) is 26.1 Å². The van der Waals surface area contributed by atoms with Crippen molar-refractivity contribution in [2.24, 2.45) is 0 Å². The zero-order valence-electron chi connectivity index (χ0n) is 20.8. The van der Waals surface area contributed by atoms with E-state index in [1.807, 2.05) is 0 Å². The van der Waals surface area contributed by atoms with Crippen molar-refractivity contribution in [1.82, 2.24) is 10.2 Å². The van der Waals surface area contributed by atoms with Gasteiger partial charge in [0.2, 0.25) is 17.7 Å². The normalized spacial score (nSPS) is 17.4. The average molecular weight is 502 g/mol. The first-order chi connectivity index (χ1) is 17.4. The van der Waals surface area contributed by atoms with Crippen molar-refractivity contribution in [2.75, 3.05) is 31.7 Å². The molecule has 2 aliphatic rings. The number of amides is 5. The Morgan fingerprint density at radius 2 is 1.69 bits per heavy atom. The SMILES string of the molecule is CCCCCOCCOCCCCCC(=O)Nc1cccc2c1C(=O)N(C1CCC(=O)NC1=O)C2=O. The Kier molecular flexibility index (Phi) is 10.6. The van der Waals surface area contributed by atoms with Gasteiger partial charge in [0.15, 0.2) is 0 Å². The van der Waals surface area contributed by atoms with Gasteiger partial charge in [-0.05, 0) is 37.8 Å². The molecule has 2 aliphatic heterocycles. The molecule has 0 aromatic heterocycles. The van der Waals surface area contributed by atoms with E-state index >= 15 is 0 Å². The van der Waals surface area contributed by atoms with Gasteiger partial charge in [-0.1, -0.05) is 32.3 Å². The van der Waals surface area contributed by atoms with Crippen LogP contribution < -0.4 is 10.6 Å². The lowest BCUT2D eigenvalue weighted by atomic mass is 10.0. The topological polar surface area (TPSA) is 131 Å². The van der Waals surface area contributed by atoms with Crippen LogP contribution in [0, 0.1) is 0 Å². The minimum absolute atomic E-state index is 0.0469. The van der Waals surface area contributed by atoms with Crippen molar-refractivity contribution in [1.29, 1.82) is 0 Å². The minimum atomic E-state index is -1.05. The van der Waals surface area contributed by atoms with Crippen LogP contribution >= 0.6 is 0 Å². The van der Waals surface area contributed by atoms with Crippen LogP contribution in [0.1, 0.15) is 85.4 Å². The lowest BCUT2D eigenvalue weighted by molar-refractivity contribution is -0.136. The summed E-state index contributed by atoms with van der Waals surface area (Å²) in [7, 11) is 0.